The highest BCUT2D eigenvalue weighted by atomic mass is 32.1. The number of morpholine rings is 1. The lowest BCUT2D eigenvalue weighted by Crippen LogP contribution is -2.48. The van der Waals surface area contributed by atoms with Crippen LogP contribution in [0.15, 0.2) is 35.7 Å². The normalized spacial score (nSPS) is 32.2. The van der Waals surface area contributed by atoms with E-state index in [0.717, 1.165) is 17.7 Å². The number of ether oxygens (including phenoxy) is 2. The number of amides is 1. The second-order valence-electron chi connectivity index (χ2n) is 7.16. The third-order valence-corrected chi connectivity index (χ3v) is 6.56. The summed E-state index contributed by atoms with van der Waals surface area (Å²) in [5.74, 6) is -0.335. The number of carbonyl (C=O) groups is 1. The van der Waals surface area contributed by atoms with Crippen LogP contribution in [0.3, 0.4) is 0 Å². The fourth-order valence-corrected chi connectivity index (χ4v) is 5.11. The summed E-state index contributed by atoms with van der Waals surface area (Å²) in [4.78, 5) is 15.7. The lowest BCUT2D eigenvalue weighted by atomic mass is 9.99. The Morgan fingerprint density at radius 1 is 1.31 bits per heavy atom. The number of halogens is 1. The Balaban J connectivity index is 1.28. The number of hydrogen-bond acceptors (Lipinski definition) is 5. The third kappa shape index (κ3) is 2.71. The average molecular weight is 374 g/mol. The van der Waals surface area contributed by atoms with Gasteiger partial charge in [0.25, 0.3) is 0 Å². The van der Waals surface area contributed by atoms with E-state index >= 15 is 0 Å². The van der Waals surface area contributed by atoms with E-state index < -0.39 is 6.09 Å². The number of likely N-dealkylation sites (N-methyl/N-ethyl adjacent to an activating group) is 1. The zero-order valence-electron chi connectivity index (χ0n) is 14.2. The van der Waals surface area contributed by atoms with Crippen LogP contribution >= 0.6 is 11.3 Å². The van der Waals surface area contributed by atoms with Gasteiger partial charge in [0, 0.05) is 35.4 Å². The molecular weight excluding hydrogens is 355 g/mol. The van der Waals surface area contributed by atoms with Gasteiger partial charge in [0.1, 0.15) is 24.1 Å². The molecule has 3 aliphatic heterocycles. The van der Waals surface area contributed by atoms with Gasteiger partial charge in [-0.25, -0.2) is 9.18 Å². The summed E-state index contributed by atoms with van der Waals surface area (Å²) >= 11 is 1.50. The van der Waals surface area contributed by atoms with Crippen molar-refractivity contribution in [3.05, 3.63) is 41.5 Å². The summed E-state index contributed by atoms with van der Waals surface area (Å²) in [6, 6.07) is 8.82. The Bertz CT molecular complexity index is 825. The van der Waals surface area contributed by atoms with Crippen molar-refractivity contribution in [3.8, 4) is 10.4 Å². The van der Waals surface area contributed by atoms with Gasteiger partial charge >= 0.3 is 6.09 Å². The molecule has 7 heteroatoms. The zero-order chi connectivity index (χ0) is 17.8. The predicted molar refractivity (Wildman–Crippen MR) is 96.8 cm³/mol. The fourth-order valence-electron chi connectivity index (χ4n) is 4.35. The van der Waals surface area contributed by atoms with Crippen LogP contribution in [0.4, 0.5) is 14.9 Å². The molecule has 1 unspecified atom stereocenters. The van der Waals surface area contributed by atoms with Gasteiger partial charge in [0.15, 0.2) is 0 Å². The van der Waals surface area contributed by atoms with Crippen molar-refractivity contribution in [2.75, 3.05) is 12.4 Å². The van der Waals surface area contributed by atoms with Gasteiger partial charge in [-0.2, -0.15) is 0 Å². The fraction of sp³-hybridized carbons (Fsp3) is 0.421. The Morgan fingerprint density at radius 3 is 2.77 bits per heavy atom. The number of nitrogens with zero attached hydrogens (tertiary/aromatic N) is 1. The van der Waals surface area contributed by atoms with E-state index in [2.05, 4.69) is 17.3 Å². The first kappa shape index (κ1) is 16.2. The summed E-state index contributed by atoms with van der Waals surface area (Å²) in [5, 5.41) is 4.71. The number of piperidine rings is 1. The number of thiophene rings is 1. The van der Waals surface area contributed by atoms with E-state index in [-0.39, 0.29) is 11.9 Å². The molecule has 1 aromatic carbocycles. The van der Waals surface area contributed by atoms with Crippen LogP contribution in [-0.2, 0) is 9.47 Å². The van der Waals surface area contributed by atoms with Crippen molar-refractivity contribution < 1.29 is 18.7 Å². The third-order valence-electron chi connectivity index (χ3n) is 5.65. The molecule has 3 fully saturated rings. The van der Waals surface area contributed by atoms with Crippen molar-refractivity contribution in [3.63, 3.8) is 0 Å². The summed E-state index contributed by atoms with van der Waals surface area (Å²) in [6.07, 6.45) is 1.61. The quantitative estimate of drug-likeness (QED) is 0.832. The second-order valence-corrected chi connectivity index (χ2v) is 8.10. The van der Waals surface area contributed by atoms with Crippen molar-refractivity contribution >= 4 is 23.1 Å². The summed E-state index contributed by atoms with van der Waals surface area (Å²) in [5.41, 5.74) is 1.22. The van der Waals surface area contributed by atoms with Gasteiger partial charge < -0.3 is 9.47 Å². The summed E-state index contributed by atoms with van der Waals surface area (Å²) in [6.45, 7) is 0. The minimum Gasteiger partial charge on any atom is -0.446 e. The molecule has 1 N–H and O–H groups in total. The van der Waals surface area contributed by atoms with E-state index in [0.29, 0.717) is 35.5 Å². The average Bonchev–Trinajstić information content (AvgIpc) is 3.16. The first-order valence-electron chi connectivity index (χ1n) is 8.78. The first-order chi connectivity index (χ1) is 12.6. The molecular formula is C19H19FN2O3S. The number of nitrogens with one attached hydrogen (secondary N) is 1. The maximum absolute atomic E-state index is 13.7. The molecule has 5 atom stereocenters. The van der Waals surface area contributed by atoms with Gasteiger partial charge in [-0.1, -0.05) is 6.07 Å². The molecule has 0 spiro atoms. The van der Waals surface area contributed by atoms with Gasteiger partial charge in [-0.3, -0.25) is 10.2 Å². The number of benzene rings is 1. The minimum absolute atomic E-state index is 0.108. The van der Waals surface area contributed by atoms with Crippen molar-refractivity contribution in [2.45, 2.75) is 43.2 Å². The maximum Gasteiger partial charge on any atom is 0.411 e. The Morgan fingerprint density at radius 2 is 2.08 bits per heavy atom. The molecule has 0 saturated carbocycles. The molecule has 3 saturated heterocycles. The highest BCUT2D eigenvalue weighted by Crippen LogP contribution is 2.48. The van der Waals surface area contributed by atoms with Crippen LogP contribution in [0.1, 0.15) is 12.8 Å². The SMILES string of the molecule is CN1[C@@H]2CC(OC(=O)Nc3ccc(F)cc3-c3cccs3)C[C@H]1[C@@H]1O[C@@H]12. The number of epoxide rings is 1. The smallest absolute Gasteiger partial charge is 0.411 e. The van der Waals surface area contributed by atoms with E-state index in [1.165, 1.54) is 23.5 Å². The molecule has 5 rings (SSSR count). The zero-order valence-corrected chi connectivity index (χ0v) is 15.0. The molecule has 5 nitrogen and oxygen atoms in total. The molecule has 0 radical (unpaired) electrons. The lowest BCUT2D eigenvalue weighted by molar-refractivity contribution is -0.00502. The number of hydrogen-bond donors (Lipinski definition) is 1. The van der Waals surface area contributed by atoms with Crippen LogP contribution in [-0.4, -0.2) is 48.4 Å². The summed E-state index contributed by atoms with van der Waals surface area (Å²) < 4.78 is 25.0. The van der Waals surface area contributed by atoms with Crippen LogP contribution in [0.2, 0.25) is 0 Å². The van der Waals surface area contributed by atoms with E-state index in [1.807, 2.05) is 17.5 Å². The van der Waals surface area contributed by atoms with Gasteiger partial charge in [0.2, 0.25) is 0 Å². The van der Waals surface area contributed by atoms with E-state index in [1.54, 1.807) is 6.07 Å². The van der Waals surface area contributed by atoms with Crippen molar-refractivity contribution in [1.29, 1.82) is 0 Å². The second kappa shape index (κ2) is 6.04. The lowest BCUT2D eigenvalue weighted by Gasteiger charge is -2.37. The molecule has 2 aromatic rings. The molecule has 2 bridgehead atoms. The molecule has 1 amide bonds. The van der Waals surface area contributed by atoms with Crippen molar-refractivity contribution in [1.82, 2.24) is 4.90 Å². The molecule has 136 valence electrons. The number of fused-ring (bicyclic) bond motifs is 5. The molecule has 0 aliphatic carbocycles. The molecule has 3 aliphatic rings. The standard InChI is InChI=1S/C19H19FN2O3S/c1-22-14-8-11(9-15(22)18-17(14)25-18)24-19(23)21-13-5-4-10(20)7-12(13)16-3-2-6-26-16/h2-7,11,14-15,17-18H,8-9H2,1H3,(H,21,23)/t11?,14-,15+,17-,18+. The maximum atomic E-state index is 13.7. The van der Waals surface area contributed by atoms with Crippen LogP contribution in [0, 0.1) is 5.82 Å². The topological polar surface area (TPSA) is 54.1 Å². The summed E-state index contributed by atoms with van der Waals surface area (Å²) in [7, 11) is 2.12. The van der Waals surface area contributed by atoms with Gasteiger partial charge in [-0.05, 0) is 36.7 Å². The Labute approximate surface area is 154 Å². The largest absolute Gasteiger partial charge is 0.446 e. The number of anilines is 1. The van der Waals surface area contributed by atoms with Gasteiger partial charge in [0.05, 0.1) is 5.69 Å². The monoisotopic (exact) mass is 374 g/mol. The number of rotatable bonds is 3. The van der Waals surface area contributed by atoms with Crippen LogP contribution < -0.4 is 5.32 Å². The van der Waals surface area contributed by atoms with Crippen molar-refractivity contribution in [2.24, 2.45) is 0 Å². The van der Waals surface area contributed by atoms with Crippen LogP contribution in [0.25, 0.3) is 10.4 Å². The van der Waals surface area contributed by atoms with E-state index in [9.17, 15) is 9.18 Å². The van der Waals surface area contributed by atoms with Crippen LogP contribution in [0.5, 0.6) is 0 Å². The molecule has 4 heterocycles. The predicted octanol–water partition coefficient (Wildman–Crippen LogP) is 3.72. The first-order valence-corrected chi connectivity index (χ1v) is 9.66. The highest BCUT2D eigenvalue weighted by molar-refractivity contribution is 7.13. The minimum atomic E-state index is -0.488. The Hall–Kier alpha value is -1.96. The highest BCUT2D eigenvalue weighted by Gasteiger charge is 2.62. The van der Waals surface area contributed by atoms with Gasteiger partial charge in [-0.15, -0.1) is 11.3 Å². The molecule has 26 heavy (non-hydrogen) atoms. The van der Waals surface area contributed by atoms with E-state index in [4.69, 9.17) is 9.47 Å². The molecule has 1 aromatic heterocycles. The Kier molecular flexibility index (Phi) is 3.77. The number of carbonyl (C=O) groups excluding carboxylic acids is 1.